The van der Waals surface area contributed by atoms with E-state index in [1.54, 1.807) is 28.1 Å². The highest BCUT2D eigenvalue weighted by Crippen LogP contribution is 2.74. The summed E-state index contributed by atoms with van der Waals surface area (Å²) in [5.41, 5.74) is -3.78. The van der Waals surface area contributed by atoms with Crippen molar-refractivity contribution < 1.29 is 78.6 Å². The molecule has 2 heterocycles. The van der Waals surface area contributed by atoms with Crippen molar-refractivity contribution in [1.82, 2.24) is 0 Å². The van der Waals surface area contributed by atoms with E-state index in [0.29, 0.717) is 32.8 Å². The Kier molecular flexibility index (Phi) is 19.4. The number of alkyl halides is 6. The number of benzene rings is 1. The van der Waals surface area contributed by atoms with Crippen LogP contribution in [0, 0.1) is 0 Å². The Labute approximate surface area is 385 Å². The van der Waals surface area contributed by atoms with Crippen molar-refractivity contribution in [3.63, 3.8) is 0 Å². The second kappa shape index (κ2) is 23.8. The van der Waals surface area contributed by atoms with Gasteiger partial charge in [-0.3, -0.25) is 0 Å². The zero-order valence-electron chi connectivity index (χ0n) is 37.6. The lowest BCUT2D eigenvalue weighted by molar-refractivity contribution is -0.258. The van der Waals surface area contributed by atoms with Gasteiger partial charge in [0.15, 0.2) is 5.09 Å². The third kappa shape index (κ3) is 11.8. The van der Waals surface area contributed by atoms with Crippen molar-refractivity contribution >= 4 is 40.4 Å². The molecule has 0 aromatic heterocycles. The molecule has 0 N–H and O–H groups in total. The summed E-state index contributed by atoms with van der Waals surface area (Å²) in [6.07, 6.45) is 9.31. The summed E-state index contributed by atoms with van der Waals surface area (Å²) in [6, 6.07) is 3.94. The number of thioether (sulfide) groups is 2. The van der Waals surface area contributed by atoms with Gasteiger partial charge in [-0.15, -0.1) is 11.8 Å². The molecule has 1 fully saturated rings. The molecule has 1 aromatic rings. The van der Waals surface area contributed by atoms with E-state index in [-0.39, 0.29) is 91.7 Å². The Morgan fingerprint density at radius 3 is 1.46 bits per heavy atom. The fourth-order valence-corrected chi connectivity index (χ4v) is 10.8. The molecule has 2 aliphatic carbocycles. The van der Waals surface area contributed by atoms with Crippen LogP contribution in [0.2, 0.25) is 0 Å². The van der Waals surface area contributed by atoms with E-state index in [1.807, 2.05) is 0 Å². The first-order chi connectivity index (χ1) is 31.0. The van der Waals surface area contributed by atoms with Crippen LogP contribution in [0.15, 0.2) is 57.7 Å². The Hall–Kier alpha value is -3.04. The van der Waals surface area contributed by atoms with E-state index in [4.69, 9.17) is 42.6 Å². The summed E-state index contributed by atoms with van der Waals surface area (Å²) in [6.45, 7) is 7.70. The fraction of sp³-hybridized carbons (Fsp3) is 0.652. The molecule has 364 valence electrons. The van der Waals surface area contributed by atoms with Gasteiger partial charge in [0.2, 0.25) is 0 Å². The van der Waals surface area contributed by atoms with Gasteiger partial charge >= 0.3 is 29.7 Å². The van der Waals surface area contributed by atoms with Crippen LogP contribution in [0.1, 0.15) is 92.0 Å². The number of ether oxygens (including phenoxy) is 9. The van der Waals surface area contributed by atoms with Crippen molar-refractivity contribution in [1.29, 1.82) is 0 Å². The number of rotatable bonds is 30. The number of carbonyl (C=O) groups is 2. The summed E-state index contributed by atoms with van der Waals surface area (Å²) in [7, 11) is 3.10. The molecule has 2 unspecified atom stereocenters. The first kappa shape index (κ1) is 52.9. The number of carbonyl (C=O) groups excluding carboxylic acids is 2. The predicted octanol–water partition coefficient (Wildman–Crippen LogP) is 9.85. The number of unbranched alkanes of at least 4 members (excludes halogenated alkanes) is 6. The van der Waals surface area contributed by atoms with E-state index in [2.05, 4.69) is 6.92 Å². The third-order valence-electron chi connectivity index (χ3n) is 11.5. The van der Waals surface area contributed by atoms with Gasteiger partial charge in [-0.2, -0.15) is 26.3 Å². The normalized spacial score (nSPS) is 22.4. The quantitative estimate of drug-likeness (QED) is 0.0414. The minimum absolute atomic E-state index is 0.0118. The van der Waals surface area contributed by atoms with E-state index >= 15 is 26.3 Å². The molecular weight excluding hydrogens is 907 g/mol. The molecule has 4 aliphatic rings. The van der Waals surface area contributed by atoms with Gasteiger partial charge in [0, 0.05) is 30.3 Å². The SMILES string of the molecule is CCCCCCCCCOC1=CC2=C3C(=C4C=C(c5cc(C(=O)OCCOCCOCCOC)cc(C(=O)OCCOCCOCCOC)c5)SC4(C)C2(C)S1)C(F)(F)C(F)(F)C3(F)F. The monoisotopic (exact) mass is 966 g/mol. The fourth-order valence-electron chi connectivity index (χ4n) is 7.81. The lowest BCUT2D eigenvalue weighted by atomic mass is 9.71. The smallest absolute Gasteiger partial charge is 0.380 e. The Morgan fingerprint density at radius 1 is 0.538 bits per heavy atom. The molecule has 11 nitrogen and oxygen atoms in total. The third-order valence-corrected chi connectivity index (χ3v) is 14.7. The van der Waals surface area contributed by atoms with Crippen molar-refractivity contribution in [2.75, 3.05) is 100 Å². The molecular formula is C46H60F6O11S2. The maximum atomic E-state index is 16.1. The average molecular weight is 967 g/mol. The summed E-state index contributed by atoms with van der Waals surface area (Å²) >= 11 is 2.00. The van der Waals surface area contributed by atoms with Gasteiger partial charge in [-0.05, 0) is 67.3 Å². The Balaban J connectivity index is 1.42. The maximum absolute atomic E-state index is 16.1. The molecule has 0 amide bonds. The van der Waals surface area contributed by atoms with Gasteiger partial charge in [-0.1, -0.05) is 57.2 Å². The maximum Gasteiger partial charge on any atom is 0.380 e. The van der Waals surface area contributed by atoms with Crippen molar-refractivity contribution in [3.8, 4) is 0 Å². The average Bonchev–Trinajstić information content (AvgIpc) is 3.85. The molecule has 0 saturated heterocycles. The van der Waals surface area contributed by atoms with Crippen molar-refractivity contribution in [2.24, 2.45) is 0 Å². The molecule has 2 aliphatic heterocycles. The largest absolute Gasteiger partial charge is 0.487 e. The van der Waals surface area contributed by atoms with Crippen LogP contribution < -0.4 is 0 Å². The molecule has 0 bridgehead atoms. The highest BCUT2D eigenvalue weighted by molar-refractivity contribution is 8.12. The molecule has 65 heavy (non-hydrogen) atoms. The second-order valence-electron chi connectivity index (χ2n) is 16.0. The highest BCUT2D eigenvalue weighted by Gasteiger charge is 2.84. The first-order valence-electron chi connectivity index (χ1n) is 21.9. The number of hydrogen-bond donors (Lipinski definition) is 0. The topological polar surface area (TPSA) is 117 Å². The molecule has 5 rings (SSSR count). The highest BCUT2D eigenvalue weighted by atomic mass is 32.2. The van der Waals surface area contributed by atoms with Gasteiger partial charge < -0.3 is 42.6 Å². The Bertz CT molecular complexity index is 1890. The standard InChI is InChI=1S/C46H60F6O11S2/c1-6-7-8-9-10-11-12-13-61-37-30-35-39-38(44(47,48)46(51,52)45(39,49)50)34-29-36(64-42(34,2)43(35,3)65-37)31-26-32(40(53)62-24-22-59-20-18-57-16-14-55-4)28-33(27-31)41(54)63-25-23-60-21-19-58-17-15-56-5/h26-30H,6-25H2,1-5H3. The van der Waals surface area contributed by atoms with E-state index in [9.17, 15) is 9.59 Å². The van der Waals surface area contributed by atoms with E-state index < -0.39 is 55.9 Å². The molecule has 1 aromatic carbocycles. The molecule has 0 radical (unpaired) electrons. The number of fused-ring (bicyclic) bond motifs is 4. The van der Waals surface area contributed by atoms with Gasteiger partial charge in [0.25, 0.3) is 0 Å². The summed E-state index contributed by atoms with van der Waals surface area (Å²) in [5, 5.41) is 0.158. The number of allylic oxidation sites excluding steroid dienone is 4. The van der Waals surface area contributed by atoms with Gasteiger partial charge in [0.05, 0.1) is 93.3 Å². The summed E-state index contributed by atoms with van der Waals surface area (Å²) in [5.74, 6) is -18.0. The lowest BCUT2D eigenvalue weighted by Crippen LogP contribution is -2.48. The zero-order chi connectivity index (χ0) is 47.3. The number of hydrogen-bond acceptors (Lipinski definition) is 13. The van der Waals surface area contributed by atoms with Crippen LogP contribution in [0.5, 0.6) is 0 Å². The molecule has 19 heteroatoms. The number of methoxy groups -OCH3 is 2. The van der Waals surface area contributed by atoms with Crippen LogP contribution in [-0.2, 0) is 42.6 Å². The summed E-state index contributed by atoms with van der Waals surface area (Å²) < 4.78 is 140. The van der Waals surface area contributed by atoms with Crippen LogP contribution >= 0.6 is 23.5 Å². The first-order valence-corrected chi connectivity index (χ1v) is 23.5. The van der Waals surface area contributed by atoms with Crippen LogP contribution in [-0.4, -0.2) is 139 Å². The van der Waals surface area contributed by atoms with Crippen molar-refractivity contribution in [3.05, 3.63) is 74.4 Å². The zero-order valence-corrected chi connectivity index (χ0v) is 39.2. The summed E-state index contributed by atoms with van der Waals surface area (Å²) in [4.78, 5) is 27.1. The van der Waals surface area contributed by atoms with Gasteiger partial charge in [0.1, 0.15) is 13.2 Å². The van der Waals surface area contributed by atoms with Crippen molar-refractivity contribution in [2.45, 2.75) is 93.0 Å². The van der Waals surface area contributed by atoms with Gasteiger partial charge in [-0.25, -0.2) is 9.59 Å². The molecule has 1 saturated carbocycles. The predicted molar refractivity (Wildman–Crippen MR) is 235 cm³/mol. The van der Waals surface area contributed by atoms with Crippen LogP contribution in [0.3, 0.4) is 0 Å². The van der Waals surface area contributed by atoms with Crippen LogP contribution in [0.25, 0.3) is 4.91 Å². The second-order valence-corrected chi connectivity index (χ2v) is 18.9. The lowest BCUT2D eigenvalue weighted by Gasteiger charge is -2.46. The number of esters is 2. The minimum Gasteiger partial charge on any atom is -0.487 e. The van der Waals surface area contributed by atoms with E-state index in [1.165, 1.54) is 30.4 Å². The molecule has 2 atom stereocenters. The Morgan fingerprint density at radius 2 is 0.969 bits per heavy atom. The molecule has 0 spiro atoms. The van der Waals surface area contributed by atoms with E-state index in [0.717, 1.165) is 62.0 Å². The minimum atomic E-state index is -5.75. The van der Waals surface area contributed by atoms with Crippen LogP contribution in [0.4, 0.5) is 26.3 Å². The number of halogens is 6.